The lowest BCUT2D eigenvalue weighted by Crippen LogP contribution is -2.37. The highest BCUT2D eigenvalue weighted by Gasteiger charge is 2.25. The van der Waals surface area contributed by atoms with Gasteiger partial charge in [0.25, 0.3) is 0 Å². The van der Waals surface area contributed by atoms with Gasteiger partial charge in [0.2, 0.25) is 0 Å². The van der Waals surface area contributed by atoms with Crippen LogP contribution >= 0.6 is 23.2 Å². The summed E-state index contributed by atoms with van der Waals surface area (Å²) in [4.78, 5) is 0. The molecule has 0 amide bonds. The fourth-order valence-corrected chi connectivity index (χ4v) is 2.98. The molecule has 118 valence electrons. The zero-order chi connectivity index (χ0) is 16.4. The Kier molecular flexibility index (Phi) is 4.69. The minimum atomic E-state index is 0.722. The molecule has 3 nitrogen and oxygen atoms in total. The van der Waals surface area contributed by atoms with Gasteiger partial charge >= 0.3 is 0 Å². The maximum Gasteiger partial charge on any atom is 0.177 e. The highest BCUT2D eigenvalue weighted by atomic mass is 35.5. The van der Waals surface area contributed by atoms with Gasteiger partial charge in [-0.1, -0.05) is 46.4 Å². The smallest absolute Gasteiger partial charge is 0.0984 e. The van der Waals surface area contributed by atoms with E-state index < -0.39 is 0 Å². The van der Waals surface area contributed by atoms with E-state index in [2.05, 4.69) is 13.8 Å². The van der Waals surface area contributed by atoms with Gasteiger partial charge in [-0.3, -0.25) is 0 Å². The predicted molar refractivity (Wildman–Crippen MR) is 93.9 cm³/mol. The minimum absolute atomic E-state index is 0.722. The first-order valence-electron chi connectivity index (χ1n) is 7.69. The van der Waals surface area contributed by atoms with Crippen LogP contribution in [-0.4, -0.2) is 9.90 Å². The summed E-state index contributed by atoms with van der Waals surface area (Å²) in [5, 5.41) is 6.24. The molecule has 0 saturated carbocycles. The zero-order valence-corrected chi connectivity index (χ0v) is 14.6. The molecule has 0 atom stereocenters. The van der Waals surface area contributed by atoms with Gasteiger partial charge in [-0.2, -0.15) is 0 Å². The van der Waals surface area contributed by atoms with Crippen molar-refractivity contribution in [3.05, 3.63) is 70.0 Å². The molecule has 23 heavy (non-hydrogen) atoms. The van der Waals surface area contributed by atoms with E-state index in [9.17, 15) is 0 Å². The molecule has 0 fully saturated rings. The van der Waals surface area contributed by atoms with Crippen molar-refractivity contribution in [2.24, 2.45) is 0 Å². The van der Waals surface area contributed by atoms with Crippen LogP contribution in [0, 0.1) is 0 Å². The maximum absolute atomic E-state index is 6.00. The van der Waals surface area contributed by atoms with Gasteiger partial charge in [-0.05, 0) is 48.5 Å². The van der Waals surface area contributed by atoms with Gasteiger partial charge < -0.3 is 0 Å². The SMILES string of the molecule is CCc1c(CC)[n+](-c2ccc(Cl)cc2)nn1-c1ccc(Cl)cc1. The number of halogens is 2. The molecule has 2 aromatic carbocycles. The van der Waals surface area contributed by atoms with E-state index in [4.69, 9.17) is 28.4 Å². The molecule has 1 aromatic heterocycles. The average Bonchev–Trinajstić information content (AvgIpc) is 2.94. The molecule has 0 saturated heterocycles. The zero-order valence-electron chi connectivity index (χ0n) is 13.1. The Morgan fingerprint density at radius 1 is 0.870 bits per heavy atom. The van der Waals surface area contributed by atoms with Crippen LogP contribution in [0.3, 0.4) is 0 Å². The molecule has 0 aliphatic carbocycles. The summed E-state index contributed by atoms with van der Waals surface area (Å²) < 4.78 is 3.98. The van der Waals surface area contributed by atoms with Crippen LogP contribution < -0.4 is 4.68 Å². The average molecular weight is 347 g/mol. The van der Waals surface area contributed by atoms with Crippen molar-refractivity contribution in [3.63, 3.8) is 0 Å². The Labute approximate surface area is 146 Å². The number of aromatic nitrogens is 3. The number of nitrogens with zero attached hydrogens (tertiary/aromatic N) is 3. The van der Waals surface area contributed by atoms with Crippen molar-refractivity contribution < 1.29 is 4.68 Å². The third kappa shape index (κ3) is 3.12. The van der Waals surface area contributed by atoms with Gasteiger partial charge in [0.15, 0.2) is 22.8 Å². The molecule has 0 spiro atoms. The summed E-state index contributed by atoms with van der Waals surface area (Å²) in [7, 11) is 0. The Balaban J connectivity index is 2.18. The van der Waals surface area contributed by atoms with Crippen molar-refractivity contribution >= 4 is 23.2 Å². The van der Waals surface area contributed by atoms with Gasteiger partial charge in [0.05, 0.1) is 0 Å². The first-order chi connectivity index (χ1) is 11.1. The molecular formula is C18H18Cl2N3+. The van der Waals surface area contributed by atoms with Crippen LogP contribution in [0.15, 0.2) is 48.5 Å². The first kappa shape index (κ1) is 16.0. The summed E-state index contributed by atoms with van der Waals surface area (Å²) in [5.41, 5.74) is 4.41. The van der Waals surface area contributed by atoms with Gasteiger partial charge in [0, 0.05) is 22.9 Å². The lowest BCUT2D eigenvalue weighted by Gasteiger charge is -1.98. The molecule has 0 aliphatic rings. The molecule has 0 bridgehead atoms. The molecular weight excluding hydrogens is 329 g/mol. The van der Waals surface area contributed by atoms with Gasteiger partial charge in [-0.25, -0.2) is 0 Å². The third-order valence-corrected chi connectivity index (χ3v) is 4.34. The normalized spacial score (nSPS) is 11.0. The Morgan fingerprint density at radius 2 is 1.43 bits per heavy atom. The standard InChI is InChI=1S/C18H18Cl2N3/c1-3-17-18(4-2)23(16-11-7-14(20)8-12-16)21-22(17)15-9-5-13(19)6-10-15/h5-12H,3-4H2,1-2H3/q+1. The molecule has 0 N–H and O–H groups in total. The van der Waals surface area contributed by atoms with Crippen LogP contribution in [-0.2, 0) is 12.8 Å². The highest BCUT2D eigenvalue weighted by Crippen LogP contribution is 2.18. The fourth-order valence-electron chi connectivity index (χ4n) is 2.73. The second-order valence-electron chi connectivity index (χ2n) is 5.27. The Morgan fingerprint density at radius 3 is 1.96 bits per heavy atom. The molecule has 1 heterocycles. The van der Waals surface area contributed by atoms with Crippen LogP contribution in [0.4, 0.5) is 0 Å². The fraction of sp³-hybridized carbons (Fsp3) is 0.222. The van der Waals surface area contributed by atoms with Crippen molar-refractivity contribution in [3.8, 4) is 11.4 Å². The lowest BCUT2D eigenvalue weighted by molar-refractivity contribution is -0.668. The monoisotopic (exact) mass is 346 g/mol. The van der Waals surface area contributed by atoms with Crippen LogP contribution in [0.2, 0.25) is 10.0 Å². The van der Waals surface area contributed by atoms with E-state index in [0.29, 0.717) is 0 Å². The molecule has 3 rings (SSSR count). The summed E-state index contributed by atoms with van der Waals surface area (Å²) >= 11 is 12.0. The highest BCUT2D eigenvalue weighted by molar-refractivity contribution is 6.30. The maximum atomic E-state index is 6.00. The molecule has 5 heteroatoms. The number of hydrogen-bond acceptors (Lipinski definition) is 1. The first-order valence-corrected chi connectivity index (χ1v) is 8.44. The van der Waals surface area contributed by atoms with E-state index in [1.54, 1.807) is 0 Å². The van der Waals surface area contributed by atoms with Crippen LogP contribution in [0.1, 0.15) is 25.2 Å². The Hall–Kier alpha value is -1.84. The number of hydrogen-bond donors (Lipinski definition) is 0. The van der Waals surface area contributed by atoms with E-state index in [1.165, 1.54) is 11.4 Å². The lowest BCUT2D eigenvalue weighted by atomic mass is 10.2. The van der Waals surface area contributed by atoms with Gasteiger partial charge in [0.1, 0.15) is 5.21 Å². The molecule has 0 radical (unpaired) electrons. The second-order valence-corrected chi connectivity index (χ2v) is 6.14. The van der Waals surface area contributed by atoms with E-state index in [1.807, 2.05) is 57.9 Å². The molecule has 0 aliphatic heterocycles. The van der Waals surface area contributed by atoms with Crippen molar-refractivity contribution in [1.29, 1.82) is 0 Å². The summed E-state index contributed by atoms with van der Waals surface area (Å²) in [6, 6.07) is 15.5. The predicted octanol–water partition coefficient (Wildman–Crippen LogP) is 4.58. The topological polar surface area (TPSA) is 21.7 Å². The summed E-state index contributed by atoms with van der Waals surface area (Å²) in [6.45, 7) is 4.30. The number of rotatable bonds is 4. The molecule has 3 aromatic rings. The van der Waals surface area contributed by atoms with E-state index in [-0.39, 0.29) is 0 Å². The van der Waals surface area contributed by atoms with Crippen LogP contribution in [0.5, 0.6) is 0 Å². The minimum Gasteiger partial charge on any atom is -0.0984 e. The van der Waals surface area contributed by atoms with Gasteiger partial charge in [-0.15, -0.1) is 0 Å². The quantitative estimate of drug-likeness (QED) is 0.633. The molecule has 0 unspecified atom stereocenters. The third-order valence-electron chi connectivity index (χ3n) is 3.84. The van der Waals surface area contributed by atoms with Crippen molar-refractivity contribution in [2.75, 3.05) is 0 Å². The van der Waals surface area contributed by atoms with E-state index >= 15 is 0 Å². The van der Waals surface area contributed by atoms with Crippen molar-refractivity contribution in [2.45, 2.75) is 26.7 Å². The van der Waals surface area contributed by atoms with E-state index in [0.717, 1.165) is 34.3 Å². The second kappa shape index (κ2) is 6.73. The summed E-state index contributed by atoms with van der Waals surface area (Å²) in [6.07, 6.45) is 1.80. The Bertz CT molecular complexity index is 738. The largest absolute Gasteiger partial charge is 0.177 e. The van der Waals surface area contributed by atoms with Crippen molar-refractivity contribution in [1.82, 2.24) is 9.90 Å². The van der Waals surface area contributed by atoms with Crippen LogP contribution in [0.25, 0.3) is 11.4 Å². The summed E-state index contributed by atoms with van der Waals surface area (Å²) in [5.74, 6) is 0. The number of benzene rings is 2.